The quantitative estimate of drug-likeness (QED) is 0.805. The van der Waals surface area contributed by atoms with Crippen molar-refractivity contribution in [3.63, 3.8) is 0 Å². The highest BCUT2D eigenvalue weighted by molar-refractivity contribution is 7.89. The van der Waals surface area contributed by atoms with Crippen LogP contribution in [0.5, 0.6) is 5.75 Å². The number of hydrogen-bond donors (Lipinski definition) is 2. The highest BCUT2D eigenvalue weighted by Gasteiger charge is 2.16. The second kappa shape index (κ2) is 6.94. The molecule has 0 aliphatic heterocycles. The molecule has 22 heavy (non-hydrogen) atoms. The van der Waals surface area contributed by atoms with Gasteiger partial charge in [0, 0.05) is 6.54 Å². The van der Waals surface area contributed by atoms with Gasteiger partial charge in [0.05, 0.1) is 4.90 Å². The monoisotopic (exact) mass is 319 g/mol. The zero-order valence-corrected chi connectivity index (χ0v) is 13.7. The molecule has 0 atom stereocenters. The summed E-state index contributed by atoms with van der Waals surface area (Å²) in [6, 6.07) is 12.4. The molecule has 0 aliphatic rings. The van der Waals surface area contributed by atoms with E-state index in [4.69, 9.17) is 0 Å². The summed E-state index contributed by atoms with van der Waals surface area (Å²) in [5.41, 5.74) is 2.75. The molecule has 5 heteroatoms. The zero-order chi connectivity index (χ0) is 16.2. The van der Waals surface area contributed by atoms with E-state index in [0.29, 0.717) is 17.9 Å². The molecular weight excluding hydrogens is 298 g/mol. The van der Waals surface area contributed by atoms with Crippen LogP contribution in [0.1, 0.15) is 23.1 Å². The van der Waals surface area contributed by atoms with Crippen LogP contribution in [0.2, 0.25) is 0 Å². The Hall–Kier alpha value is -1.85. The van der Waals surface area contributed by atoms with E-state index in [-0.39, 0.29) is 5.75 Å². The molecule has 0 spiro atoms. The summed E-state index contributed by atoms with van der Waals surface area (Å²) in [6.45, 7) is 4.06. The van der Waals surface area contributed by atoms with Crippen molar-refractivity contribution in [1.82, 2.24) is 4.72 Å². The second-order valence-corrected chi connectivity index (χ2v) is 7.17. The fourth-order valence-corrected chi connectivity index (χ4v) is 3.64. The SMILES string of the molecule is Cc1ccc(C)c(S(=O)(=O)NCCCc2ccc(O)cc2)c1. The van der Waals surface area contributed by atoms with E-state index in [2.05, 4.69) is 4.72 Å². The van der Waals surface area contributed by atoms with Gasteiger partial charge in [-0.25, -0.2) is 13.1 Å². The van der Waals surface area contributed by atoms with E-state index in [0.717, 1.165) is 23.1 Å². The van der Waals surface area contributed by atoms with Gasteiger partial charge in [0.25, 0.3) is 0 Å². The smallest absolute Gasteiger partial charge is 0.240 e. The molecule has 0 bridgehead atoms. The summed E-state index contributed by atoms with van der Waals surface area (Å²) in [4.78, 5) is 0.345. The summed E-state index contributed by atoms with van der Waals surface area (Å²) in [6.07, 6.45) is 1.46. The van der Waals surface area contributed by atoms with E-state index in [9.17, 15) is 13.5 Å². The van der Waals surface area contributed by atoms with Gasteiger partial charge in [-0.3, -0.25) is 0 Å². The van der Waals surface area contributed by atoms with Gasteiger partial charge in [-0.1, -0.05) is 24.3 Å². The molecule has 0 aliphatic carbocycles. The summed E-state index contributed by atoms with van der Waals surface area (Å²) in [5.74, 6) is 0.236. The lowest BCUT2D eigenvalue weighted by Gasteiger charge is -2.10. The molecular formula is C17H21NO3S. The van der Waals surface area contributed by atoms with Crippen molar-refractivity contribution in [1.29, 1.82) is 0 Å². The lowest BCUT2D eigenvalue weighted by molar-refractivity contribution is 0.475. The summed E-state index contributed by atoms with van der Waals surface area (Å²) < 4.78 is 27.3. The van der Waals surface area contributed by atoms with Crippen molar-refractivity contribution in [2.45, 2.75) is 31.6 Å². The van der Waals surface area contributed by atoms with Crippen molar-refractivity contribution >= 4 is 10.0 Å². The Kier molecular flexibility index (Phi) is 5.21. The van der Waals surface area contributed by atoms with Crippen LogP contribution in [0.15, 0.2) is 47.4 Å². The van der Waals surface area contributed by atoms with Gasteiger partial charge in [0.2, 0.25) is 10.0 Å². The van der Waals surface area contributed by atoms with Crippen LogP contribution < -0.4 is 4.72 Å². The molecule has 118 valence electrons. The third kappa shape index (κ3) is 4.32. The molecule has 2 aromatic carbocycles. The minimum absolute atomic E-state index is 0.236. The first kappa shape index (κ1) is 16.5. The molecule has 2 rings (SSSR count). The van der Waals surface area contributed by atoms with Gasteiger partial charge in [0.15, 0.2) is 0 Å². The summed E-state index contributed by atoms with van der Waals surface area (Å²) >= 11 is 0. The van der Waals surface area contributed by atoms with E-state index in [1.165, 1.54) is 0 Å². The first-order valence-corrected chi connectivity index (χ1v) is 8.71. The van der Waals surface area contributed by atoms with Gasteiger partial charge >= 0.3 is 0 Å². The standard InChI is InChI=1S/C17H21NO3S/c1-13-5-6-14(2)17(12-13)22(20,21)18-11-3-4-15-7-9-16(19)10-8-15/h5-10,12,18-19H,3-4,11H2,1-2H3. The van der Waals surface area contributed by atoms with Crippen LogP contribution >= 0.6 is 0 Å². The molecule has 0 heterocycles. The van der Waals surface area contributed by atoms with Gasteiger partial charge in [-0.2, -0.15) is 0 Å². The van der Waals surface area contributed by atoms with Crippen LogP contribution in [0.25, 0.3) is 0 Å². The molecule has 0 amide bonds. The number of aromatic hydroxyl groups is 1. The number of nitrogens with one attached hydrogen (secondary N) is 1. The zero-order valence-electron chi connectivity index (χ0n) is 12.8. The van der Waals surface area contributed by atoms with Crippen molar-refractivity contribution in [2.24, 2.45) is 0 Å². The lowest BCUT2D eigenvalue weighted by atomic mass is 10.1. The van der Waals surface area contributed by atoms with Gasteiger partial charge in [-0.05, 0) is 61.6 Å². The van der Waals surface area contributed by atoms with Crippen molar-refractivity contribution in [3.8, 4) is 5.75 Å². The van der Waals surface area contributed by atoms with Crippen molar-refractivity contribution in [2.75, 3.05) is 6.54 Å². The molecule has 0 fully saturated rings. The first-order chi connectivity index (χ1) is 10.4. The topological polar surface area (TPSA) is 66.4 Å². The third-order valence-electron chi connectivity index (χ3n) is 3.50. The molecule has 2 N–H and O–H groups in total. The van der Waals surface area contributed by atoms with Crippen LogP contribution in [0.3, 0.4) is 0 Å². The molecule has 0 saturated carbocycles. The molecule has 0 saturated heterocycles. The Morgan fingerprint density at radius 3 is 2.41 bits per heavy atom. The normalized spacial score (nSPS) is 11.5. The first-order valence-electron chi connectivity index (χ1n) is 7.23. The molecule has 0 aromatic heterocycles. The number of aryl methyl sites for hydroxylation is 3. The maximum absolute atomic E-state index is 12.3. The van der Waals surface area contributed by atoms with Crippen LogP contribution in [0.4, 0.5) is 0 Å². The average Bonchev–Trinajstić information content (AvgIpc) is 2.48. The van der Waals surface area contributed by atoms with E-state index < -0.39 is 10.0 Å². The Labute approximate surface area is 131 Å². The highest BCUT2D eigenvalue weighted by atomic mass is 32.2. The van der Waals surface area contributed by atoms with Crippen molar-refractivity contribution in [3.05, 3.63) is 59.2 Å². The Morgan fingerprint density at radius 2 is 1.73 bits per heavy atom. The number of hydrogen-bond acceptors (Lipinski definition) is 3. The van der Waals surface area contributed by atoms with Crippen molar-refractivity contribution < 1.29 is 13.5 Å². The average molecular weight is 319 g/mol. The third-order valence-corrected chi connectivity index (χ3v) is 5.11. The van der Waals surface area contributed by atoms with Gasteiger partial charge in [0.1, 0.15) is 5.75 Å². The lowest BCUT2D eigenvalue weighted by Crippen LogP contribution is -2.25. The fourth-order valence-electron chi connectivity index (χ4n) is 2.24. The van der Waals surface area contributed by atoms with E-state index in [1.807, 2.05) is 31.2 Å². The van der Waals surface area contributed by atoms with Gasteiger partial charge in [-0.15, -0.1) is 0 Å². The Morgan fingerprint density at radius 1 is 1.05 bits per heavy atom. The predicted octanol–water partition coefficient (Wildman–Crippen LogP) is 2.92. The molecule has 0 radical (unpaired) electrons. The Bertz CT molecular complexity index is 737. The highest BCUT2D eigenvalue weighted by Crippen LogP contribution is 2.16. The number of sulfonamides is 1. The maximum Gasteiger partial charge on any atom is 0.240 e. The number of phenolic OH excluding ortho intramolecular Hbond substituents is 1. The Balaban J connectivity index is 1.93. The summed E-state index contributed by atoms with van der Waals surface area (Å²) in [7, 11) is -3.46. The number of benzene rings is 2. The van der Waals surface area contributed by atoms with Crippen LogP contribution in [-0.2, 0) is 16.4 Å². The second-order valence-electron chi connectivity index (χ2n) is 5.44. The largest absolute Gasteiger partial charge is 0.508 e. The molecule has 2 aromatic rings. The minimum Gasteiger partial charge on any atom is -0.508 e. The molecule has 0 unspecified atom stereocenters. The molecule has 4 nitrogen and oxygen atoms in total. The van der Waals surface area contributed by atoms with E-state index >= 15 is 0 Å². The fraction of sp³-hybridized carbons (Fsp3) is 0.294. The number of phenols is 1. The van der Waals surface area contributed by atoms with Crippen LogP contribution in [-0.4, -0.2) is 20.1 Å². The van der Waals surface area contributed by atoms with E-state index in [1.54, 1.807) is 25.1 Å². The minimum atomic E-state index is -3.46. The number of rotatable bonds is 6. The van der Waals surface area contributed by atoms with Gasteiger partial charge < -0.3 is 5.11 Å². The summed E-state index contributed by atoms with van der Waals surface area (Å²) in [5, 5.41) is 9.22. The predicted molar refractivity (Wildman–Crippen MR) is 87.5 cm³/mol. The maximum atomic E-state index is 12.3. The van der Waals surface area contributed by atoms with Crippen LogP contribution in [0, 0.1) is 13.8 Å².